The van der Waals surface area contributed by atoms with Gasteiger partial charge in [0.25, 0.3) is 6.57 Å². The molecule has 1 aromatic rings. The molecule has 0 saturated heterocycles. The highest BCUT2D eigenvalue weighted by Crippen LogP contribution is 2.34. The van der Waals surface area contributed by atoms with E-state index in [0.717, 1.165) is 11.1 Å². The van der Waals surface area contributed by atoms with Crippen LogP contribution in [0.4, 0.5) is 4.39 Å². The highest BCUT2D eigenvalue weighted by Gasteiger charge is 2.55. The maximum Gasteiger partial charge on any atom is 0.398 e. The summed E-state index contributed by atoms with van der Waals surface area (Å²) in [7, 11) is 0. The minimum atomic E-state index is -1.08. The normalized spacial score (nSPS) is 21.7. The number of nitrogens with zero attached hydrogens (tertiary/aromatic N) is 1. The number of carbonyl (C=O) groups excluding carboxylic acids is 1. The number of hydrogen-bond acceptors (Lipinski definition) is 2. The molecule has 0 aliphatic heterocycles. The van der Waals surface area contributed by atoms with Crippen LogP contribution >= 0.6 is 0 Å². The zero-order chi connectivity index (χ0) is 12.5. The summed E-state index contributed by atoms with van der Waals surface area (Å²) < 4.78 is 18.1. The van der Waals surface area contributed by atoms with Crippen molar-refractivity contribution in [1.82, 2.24) is 0 Å². The summed E-state index contributed by atoms with van der Waals surface area (Å²) in [5, 5.41) is 0. The molecule has 0 aromatic heterocycles. The first-order valence-corrected chi connectivity index (χ1v) is 5.48. The van der Waals surface area contributed by atoms with Crippen molar-refractivity contribution in [3.63, 3.8) is 0 Å². The minimum Gasteiger partial charge on any atom is -0.460 e. The van der Waals surface area contributed by atoms with E-state index in [1.807, 2.05) is 0 Å². The van der Waals surface area contributed by atoms with Crippen LogP contribution in [0.3, 0.4) is 0 Å². The number of carbonyl (C=O) groups is 1. The Kier molecular flexibility index (Phi) is 2.84. The molecule has 1 unspecified atom stereocenters. The largest absolute Gasteiger partial charge is 0.460 e. The van der Waals surface area contributed by atoms with E-state index in [0.29, 0.717) is 12.8 Å². The van der Waals surface area contributed by atoms with Gasteiger partial charge in [-0.25, -0.2) is 9.18 Å². The molecule has 0 saturated carbocycles. The maximum absolute atomic E-state index is 13.1. The molecule has 1 aliphatic rings. The van der Waals surface area contributed by atoms with Gasteiger partial charge in [-0.2, -0.15) is 0 Å². The molecule has 4 heteroatoms. The molecular formula is C13H13FNO2+. The van der Waals surface area contributed by atoms with Gasteiger partial charge in [-0.15, -0.1) is 0 Å². The summed E-state index contributed by atoms with van der Waals surface area (Å²) in [6.45, 7) is 7.35. The van der Waals surface area contributed by atoms with Gasteiger partial charge in [0.2, 0.25) is 0 Å². The monoisotopic (exact) mass is 234 g/mol. The van der Waals surface area contributed by atoms with E-state index in [1.165, 1.54) is 12.1 Å². The van der Waals surface area contributed by atoms with Crippen molar-refractivity contribution < 1.29 is 13.9 Å². The molecule has 0 bridgehead atoms. The van der Waals surface area contributed by atoms with Gasteiger partial charge in [0.05, 0.1) is 19.4 Å². The predicted octanol–water partition coefficient (Wildman–Crippen LogP) is 2.19. The average Bonchev–Trinajstić information content (AvgIpc) is 2.68. The van der Waals surface area contributed by atoms with Crippen molar-refractivity contribution >= 4 is 5.97 Å². The van der Waals surface area contributed by atoms with Gasteiger partial charge in [0, 0.05) is 0 Å². The molecule has 17 heavy (non-hydrogen) atoms. The molecule has 88 valence electrons. The molecule has 0 spiro atoms. The fraction of sp³-hybridized carbons (Fsp3) is 0.385. The van der Waals surface area contributed by atoms with E-state index in [4.69, 9.17) is 11.3 Å². The van der Waals surface area contributed by atoms with Crippen molar-refractivity contribution in [2.75, 3.05) is 6.61 Å². The van der Waals surface area contributed by atoms with Crippen LogP contribution in [0, 0.1) is 12.4 Å². The smallest absolute Gasteiger partial charge is 0.398 e. The minimum absolute atomic E-state index is 0.279. The third kappa shape index (κ3) is 1.89. The fourth-order valence-electron chi connectivity index (χ4n) is 2.18. The summed E-state index contributed by atoms with van der Waals surface area (Å²) in [6, 6.07) is 4.45. The number of rotatable bonds is 2. The number of halogens is 1. The molecular weight excluding hydrogens is 221 g/mol. The molecule has 1 atom stereocenters. The van der Waals surface area contributed by atoms with Crippen LogP contribution in [0.1, 0.15) is 18.1 Å². The number of ether oxygens (including phenoxy) is 1. The second kappa shape index (κ2) is 4.17. The molecule has 0 amide bonds. The Hall–Kier alpha value is -1.89. The Morgan fingerprint density at radius 1 is 1.53 bits per heavy atom. The van der Waals surface area contributed by atoms with Gasteiger partial charge in [-0.1, -0.05) is 10.9 Å². The highest BCUT2D eigenvalue weighted by molar-refractivity contribution is 5.85. The molecule has 1 aliphatic carbocycles. The summed E-state index contributed by atoms with van der Waals surface area (Å²) >= 11 is 0. The first-order valence-electron chi connectivity index (χ1n) is 5.48. The number of esters is 1. The average molecular weight is 234 g/mol. The van der Waals surface area contributed by atoms with E-state index in [1.54, 1.807) is 13.0 Å². The zero-order valence-electron chi connectivity index (χ0n) is 9.57. The van der Waals surface area contributed by atoms with Gasteiger partial charge in [-0.05, 0) is 30.2 Å². The van der Waals surface area contributed by atoms with E-state index in [9.17, 15) is 9.18 Å². The van der Waals surface area contributed by atoms with Crippen LogP contribution in [-0.4, -0.2) is 18.1 Å². The number of fused-ring (bicyclic) bond motifs is 1. The van der Waals surface area contributed by atoms with E-state index < -0.39 is 11.5 Å². The third-order valence-electron chi connectivity index (χ3n) is 3.04. The summed E-state index contributed by atoms with van der Waals surface area (Å²) in [5.74, 6) is -0.764. The molecule has 0 heterocycles. The lowest BCUT2D eigenvalue weighted by Crippen LogP contribution is -2.37. The molecule has 1 aromatic carbocycles. The Balaban J connectivity index is 2.33. The molecule has 2 rings (SSSR count). The Morgan fingerprint density at radius 2 is 2.24 bits per heavy atom. The van der Waals surface area contributed by atoms with Crippen molar-refractivity contribution in [2.24, 2.45) is 0 Å². The van der Waals surface area contributed by atoms with E-state index in [-0.39, 0.29) is 12.4 Å². The molecule has 0 fully saturated rings. The lowest BCUT2D eigenvalue weighted by Gasteiger charge is -2.09. The third-order valence-corrected chi connectivity index (χ3v) is 3.04. The highest BCUT2D eigenvalue weighted by atomic mass is 19.1. The lowest BCUT2D eigenvalue weighted by atomic mass is 9.97. The van der Waals surface area contributed by atoms with Crippen LogP contribution in [0.2, 0.25) is 0 Å². The van der Waals surface area contributed by atoms with Gasteiger partial charge < -0.3 is 4.74 Å². The van der Waals surface area contributed by atoms with Gasteiger partial charge in [0.15, 0.2) is 0 Å². The van der Waals surface area contributed by atoms with Crippen LogP contribution in [-0.2, 0) is 22.4 Å². The van der Waals surface area contributed by atoms with Crippen LogP contribution in [0.15, 0.2) is 18.2 Å². The molecule has 0 radical (unpaired) electrons. The Morgan fingerprint density at radius 3 is 2.88 bits per heavy atom. The quantitative estimate of drug-likeness (QED) is 0.734. The predicted molar refractivity (Wildman–Crippen MR) is 61.5 cm³/mol. The lowest BCUT2D eigenvalue weighted by molar-refractivity contribution is -0.147. The fourth-order valence-corrected chi connectivity index (χ4v) is 2.18. The maximum atomic E-state index is 13.1. The molecule has 3 nitrogen and oxygen atoms in total. The van der Waals surface area contributed by atoms with Crippen LogP contribution < -0.4 is 0 Å². The summed E-state index contributed by atoms with van der Waals surface area (Å²) in [6.07, 6.45) is 0.674. The van der Waals surface area contributed by atoms with Crippen molar-refractivity contribution in [3.8, 4) is 6.57 Å². The Bertz CT molecular complexity index is 507. The summed E-state index contributed by atoms with van der Waals surface area (Å²) in [4.78, 5) is 15.5. The van der Waals surface area contributed by atoms with E-state index in [2.05, 4.69) is 4.85 Å². The first kappa shape index (κ1) is 11.6. The summed E-state index contributed by atoms with van der Waals surface area (Å²) in [5.41, 5.74) is 0.590. The van der Waals surface area contributed by atoms with Gasteiger partial charge >= 0.3 is 11.5 Å². The van der Waals surface area contributed by atoms with E-state index >= 15 is 0 Å². The zero-order valence-corrected chi connectivity index (χ0v) is 9.57. The van der Waals surface area contributed by atoms with Gasteiger partial charge in [-0.3, -0.25) is 0 Å². The van der Waals surface area contributed by atoms with Crippen molar-refractivity contribution in [3.05, 3.63) is 40.0 Å². The van der Waals surface area contributed by atoms with Crippen molar-refractivity contribution in [1.29, 1.82) is 0 Å². The topological polar surface area (TPSA) is 30.7 Å². The standard InChI is InChI=1S/C13H13FNO2/c1-3-17-12(16)13(15-2)7-9-4-5-11(14)6-10(9)8-13/h2,4-6H,3,7-8H2,1H3/q+1. The second-order valence-corrected chi connectivity index (χ2v) is 4.15. The van der Waals surface area contributed by atoms with Crippen LogP contribution in [0.5, 0.6) is 0 Å². The molecule has 0 N–H and O–H groups in total. The van der Waals surface area contributed by atoms with Crippen molar-refractivity contribution in [2.45, 2.75) is 25.3 Å². The van der Waals surface area contributed by atoms with Gasteiger partial charge in [0.1, 0.15) is 5.82 Å². The Labute approximate surface area is 99.0 Å². The second-order valence-electron chi connectivity index (χ2n) is 4.15. The number of benzene rings is 1. The number of hydrogen-bond donors (Lipinski definition) is 0. The van der Waals surface area contributed by atoms with Crippen LogP contribution in [0.25, 0.3) is 4.85 Å². The first-order chi connectivity index (χ1) is 8.11. The SMILES string of the molecule is C#[N+]C1(C(=O)OCC)Cc2ccc(F)cc2C1.